The van der Waals surface area contributed by atoms with Crippen LogP contribution in [0.15, 0.2) is 36.5 Å². The maximum atomic E-state index is 5.72. The molecule has 4 heteroatoms. The molecule has 0 spiro atoms. The van der Waals surface area contributed by atoms with Gasteiger partial charge >= 0.3 is 0 Å². The second-order valence-corrected chi connectivity index (χ2v) is 4.94. The predicted molar refractivity (Wildman–Crippen MR) is 77.5 cm³/mol. The average molecular weight is 259 g/mol. The number of rotatable bonds is 6. The lowest BCUT2D eigenvalue weighted by atomic mass is 9.95. The first-order chi connectivity index (χ1) is 9.26. The van der Waals surface area contributed by atoms with Crippen LogP contribution in [0.25, 0.3) is 10.9 Å². The van der Waals surface area contributed by atoms with Gasteiger partial charge in [0.05, 0.1) is 5.52 Å². The number of nitrogens with one attached hydrogen (secondary N) is 1. The van der Waals surface area contributed by atoms with Gasteiger partial charge < -0.3 is 4.74 Å². The zero-order valence-electron chi connectivity index (χ0n) is 11.5. The third-order valence-electron chi connectivity index (χ3n) is 3.33. The first-order valence-corrected chi connectivity index (χ1v) is 6.55. The average Bonchev–Trinajstić information content (AvgIpc) is 2.44. The van der Waals surface area contributed by atoms with Crippen LogP contribution < -0.4 is 11.3 Å². The summed E-state index contributed by atoms with van der Waals surface area (Å²) in [5.41, 5.74) is 5.06. The van der Waals surface area contributed by atoms with E-state index in [0.717, 1.165) is 29.5 Å². The number of para-hydroxylation sites is 1. The summed E-state index contributed by atoms with van der Waals surface area (Å²) >= 11 is 0. The topological polar surface area (TPSA) is 60.2 Å². The Labute approximate surface area is 113 Å². The largest absolute Gasteiger partial charge is 0.384 e. The van der Waals surface area contributed by atoms with Gasteiger partial charge in [-0.05, 0) is 24.0 Å². The number of ether oxygens (including phenoxy) is 1. The summed E-state index contributed by atoms with van der Waals surface area (Å²) in [5.74, 6) is 6.16. The summed E-state index contributed by atoms with van der Waals surface area (Å²) < 4.78 is 5.19. The quantitative estimate of drug-likeness (QED) is 0.618. The molecule has 0 saturated carbocycles. The van der Waals surface area contributed by atoms with E-state index in [-0.39, 0.29) is 6.04 Å². The third-order valence-corrected chi connectivity index (χ3v) is 3.33. The Morgan fingerprint density at radius 2 is 2.11 bits per heavy atom. The van der Waals surface area contributed by atoms with Crippen molar-refractivity contribution in [2.45, 2.75) is 19.4 Å². The van der Waals surface area contributed by atoms with Crippen molar-refractivity contribution in [3.8, 4) is 0 Å². The van der Waals surface area contributed by atoms with Crippen LogP contribution in [0.1, 0.15) is 24.9 Å². The summed E-state index contributed by atoms with van der Waals surface area (Å²) in [7, 11) is 1.72. The number of aromatic nitrogens is 1. The summed E-state index contributed by atoms with van der Waals surface area (Å²) in [6, 6.07) is 10.3. The highest BCUT2D eigenvalue weighted by atomic mass is 16.5. The highest BCUT2D eigenvalue weighted by Crippen LogP contribution is 2.26. The number of methoxy groups -OCH3 is 1. The van der Waals surface area contributed by atoms with Gasteiger partial charge in [0.15, 0.2) is 0 Å². The monoisotopic (exact) mass is 259 g/mol. The van der Waals surface area contributed by atoms with Crippen LogP contribution in [0.5, 0.6) is 0 Å². The first kappa shape index (κ1) is 13.9. The predicted octanol–water partition coefficient (Wildman–Crippen LogP) is 2.41. The van der Waals surface area contributed by atoms with Crippen molar-refractivity contribution in [2.24, 2.45) is 11.8 Å². The van der Waals surface area contributed by atoms with Gasteiger partial charge in [-0.15, -0.1) is 0 Å². The van der Waals surface area contributed by atoms with Gasteiger partial charge in [-0.3, -0.25) is 16.3 Å². The van der Waals surface area contributed by atoms with Gasteiger partial charge in [0.2, 0.25) is 0 Å². The van der Waals surface area contributed by atoms with E-state index < -0.39 is 0 Å². The van der Waals surface area contributed by atoms with Gasteiger partial charge in [0.1, 0.15) is 0 Å². The van der Waals surface area contributed by atoms with Crippen LogP contribution in [0.4, 0.5) is 0 Å². The maximum Gasteiger partial charge on any atom is 0.0750 e. The Bertz CT molecular complexity index is 524. The smallest absolute Gasteiger partial charge is 0.0750 e. The van der Waals surface area contributed by atoms with E-state index in [1.165, 1.54) is 0 Å². The number of pyridine rings is 1. The first-order valence-electron chi connectivity index (χ1n) is 6.55. The molecular formula is C15H21N3O. The molecule has 19 heavy (non-hydrogen) atoms. The van der Waals surface area contributed by atoms with Crippen molar-refractivity contribution < 1.29 is 4.74 Å². The molecule has 0 bridgehead atoms. The van der Waals surface area contributed by atoms with Gasteiger partial charge in [0, 0.05) is 31.3 Å². The molecule has 102 valence electrons. The van der Waals surface area contributed by atoms with Crippen molar-refractivity contribution in [1.29, 1.82) is 0 Å². The molecule has 2 unspecified atom stereocenters. The molecule has 1 aromatic carbocycles. The Hall–Kier alpha value is -1.49. The van der Waals surface area contributed by atoms with Crippen molar-refractivity contribution in [1.82, 2.24) is 10.4 Å². The fourth-order valence-electron chi connectivity index (χ4n) is 2.45. The van der Waals surface area contributed by atoms with Crippen LogP contribution in [0.3, 0.4) is 0 Å². The second-order valence-electron chi connectivity index (χ2n) is 4.94. The maximum absolute atomic E-state index is 5.72. The van der Waals surface area contributed by atoms with E-state index in [1.807, 2.05) is 18.3 Å². The minimum atomic E-state index is 0.0868. The minimum Gasteiger partial charge on any atom is -0.384 e. The summed E-state index contributed by atoms with van der Waals surface area (Å²) in [6.45, 7) is 2.89. The fraction of sp³-hybridized carbons (Fsp3) is 0.400. The lowest BCUT2D eigenvalue weighted by molar-refractivity contribution is 0.149. The van der Waals surface area contributed by atoms with E-state index >= 15 is 0 Å². The van der Waals surface area contributed by atoms with E-state index in [4.69, 9.17) is 10.6 Å². The Balaban J connectivity index is 2.30. The molecule has 1 heterocycles. The summed E-state index contributed by atoms with van der Waals surface area (Å²) in [4.78, 5) is 4.48. The number of benzene rings is 1. The SMILES string of the molecule is COCC(C)CC(NN)c1cccc2cccnc12. The molecule has 0 saturated heterocycles. The lowest BCUT2D eigenvalue weighted by Crippen LogP contribution is -2.30. The van der Waals surface area contributed by atoms with Crippen molar-refractivity contribution in [2.75, 3.05) is 13.7 Å². The highest BCUT2D eigenvalue weighted by Gasteiger charge is 2.16. The summed E-state index contributed by atoms with van der Waals surface area (Å²) in [6.07, 6.45) is 2.73. The van der Waals surface area contributed by atoms with E-state index in [2.05, 4.69) is 35.5 Å². The van der Waals surface area contributed by atoms with Gasteiger partial charge in [0.25, 0.3) is 0 Å². The molecular weight excluding hydrogens is 238 g/mol. The Morgan fingerprint density at radius 1 is 1.32 bits per heavy atom. The standard InChI is InChI=1S/C15H21N3O/c1-11(10-19-2)9-14(18-16)13-7-3-5-12-6-4-8-17-15(12)13/h3-8,11,14,18H,9-10,16H2,1-2H3. The zero-order chi connectivity index (χ0) is 13.7. The molecule has 0 aliphatic heterocycles. The normalized spacial score (nSPS) is 14.5. The van der Waals surface area contributed by atoms with Gasteiger partial charge in [-0.25, -0.2) is 0 Å². The number of hydrogen-bond acceptors (Lipinski definition) is 4. The lowest BCUT2D eigenvalue weighted by Gasteiger charge is -2.21. The molecule has 2 aromatic rings. The van der Waals surface area contributed by atoms with Gasteiger partial charge in [-0.1, -0.05) is 31.2 Å². The molecule has 0 fully saturated rings. The fourth-order valence-corrected chi connectivity index (χ4v) is 2.45. The molecule has 1 aromatic heterocycles. The molecule has 0 amide bonds. The molecule has 0 radical (unpaired) electrons. The third kappa shape index (κ3) is 3.29. The van der Waals surface area contributed by atoms with E-state index in [0.29, 0.717) is 5.92 Å². The number of nitrogens with two attached hydrogens (primary N) is 1. The minimum absolute atomic E-state index is 0.0868. The number of hydrogen-bond donors (Lipinski definition) is 2. The highest BCUT2D eigenvalue weighted by molar-refractivity contribution is 5.81. The van der Waals surface area contributed by atoms with Crippen molar-refractivity contribution >= 4 is 10.9 Å². The zero-order valence-corrected chi connectivity index (χ0v) is 11.5. The van der Waals surface area contributed by atoms with Crippen molar-refractivity contribution in [3.05, 3.63) is 42.1 Å². The summed E-state index contributed by atoms with van der Waals surface area (Å²) in [5, 5.41) is 1.14. The van der Waals surface area contributed by atoms with Crippen LogP contribution >= 0.6 is 0 Å². The number of hydrazine groups is 1. The molecule has 2 atom stereocenters. The van der Waals surface area contributed by atoms with Crippen molar-refractivity contribution in [3.63, 3.8) is 0 Å². The van der Waals surface area contributed by atoms with Crippen LogP contribution in [-0.4, -0.2) is 18.7 Å². The molecule has 4 nitrogen and oxygen atoms in total. The van der Waals surface area contributed by atoms with E-state index in [1.54, 1.807) is 7.11 Å². The molecule has 3 N–H and O–H groups in total. The van der Waals surface area contributed by atoms with E-state index in [9.17, 15) is 0 Å². The molecule has 0 aliphatic rings. The van der Waals surface area contributed by atoms with Crippen LogP contribution in [-0.2, 0) is 4.74 Å². The number of nitrogens with zero attached hydrogens (tertiary/aromatic N) is 1. The Morgan fingerprint density at radius 3 is 2.84 bits per heavy atom. The molecule has 0 aliphatic carbocycles. The van der Waals surface area contributed by atoms with Crippen LogP contribution in [0, 0.1) is 5.92 Å². The number of fused-ring (bicyclic) bond motifs is 1. The van der Waals surface area contributed by atoms with Crippen LogP contribution in [0.2, 0.25) is 0 Å². The molecule has 2 rings (SSSR count). The van der Waals surface area contributed by atoms with Gasteiger partial charge in [-0.2, -0.15) is 0 Å². The second kappa shape index (κ2) is 6.61. The Kier molecular flexibility index (Phi) is 4.85.